The topological polar surface area (TPSA) is 68.8 Å². The van der Waals surface area contributed by atoms with Gasteiger partial charge in [0.1, 0.15) is 5.82 Å². The van der Waals surface area contributed by atoms with Crippen LogP contribution in [0.2, 0.25) is 0 Å². The average molecular weight is 496 g/mol. The number of piperidine rings is 1. The van der Waals surface area contributed by atoms with Gasteiger partial charge in [-0.05, 0) is 43.2 Å². The first kappa shape index (κ1) is 23.8. The maximum absolute atomic E-state index is 13.3. The summed E-state index contributed by atoms with van der Waals surface area (Å²) >= 11 is 1.74. The molecule has 0 bridgehead atoms. The molecule has 1 atom stereocenters. The third-order valence-corrected chi connectivity index (χ3v) is 7.93. The number of likely N-dealkylation sites (tertiary alicyclic amines) is 1. The predicted octanol–water partition coefficient (Wildman–Crippen LogP) is 3.40. The summed E-state index contributed by atoms with van der Waals surface area (Å²) in [5.74, 6) is -0.0535. The minimum absolute atomic E-state index is 0.158. The Morgan fingerprint density at radius 2 is 1.77 bits per heavy atom. The van der Waals surface area contributed by atoms with Gasteiger partial charge in [-0.15, -0.1) is 11.3 Å². The maximum atomic E-state index is 13.3. The van der Waals surface area contributed by atoms with Crippen LogP contribution < -0.4 is 5.32 Å². The van der Waals surface area contributed by atoms with Crippen LogP contribution in [0.5, 0.6) is 0 Å². The van der Waals surface area contributed by atoms with Crippen molar-refractivity contribution in [1.29, 1.82) is 0 Å². The molecule has 1 aromatic heterocycles. The number of anilines is 1. The number of hydrogen-bond acceptors (Lipinski definition) is 6. The first-order valence-electron chi connectivity index (χ1n) is 12.2. The fourth-order valence-electron chi connectivity index (χ4n) is 4.84. The number of benzene rings is 2. The van der Waals surface area contributed by atoms with Gasteiger partial charge in [0, 0.05) is 50.9 Å². The highest BCUT2D eigenvalue weighted by Crippen LogP contribution is 2.33. The van der Waals surface area contributed by atoms with E-state index in [1.54, 1.807) is 23.5 Å². The van der Waals surface area contributed by atoms with E-state index in [4.69, 9.17) is 4.98 Å². The lowest BCUT2D eigenvalue weighted by Crippen LogP contribution is -2.52. The molecule has 5 rings (SSSR count). The Morgan fingerprint density at radius 1 is 1.00 bits per heavy atom. The molecule has 0 aliphatic carbocycles. The number of hydrogen-bond donors (Lipinski definition) is 1. The molecule has 2 amide bonds. The van der Waals surface area contributed by atoms with Crippen LogP contribution in [-0.2, 0) is 9.59 Å². The number of thiazole rings is 1. The molecule has 3 aromatic rings. The zero-order valence-corrected chi connectivity index (χ0v) is 20.5. The van der Waals surface area contributed by atoms with Crippen molar-refractivity contribution < 1.29 is 14.0 Å². The number of fused-ring (bicyclic) bond motifs is 1. The lowest BCUT2D eigenvalue weighted by molar-refractivity contribution is -0.134. The van der Waals surface area contributed by atoms with Gasteiger partial charge in [-0.1, -0.05) is 18.2 Å². The summed E-state index contributed by atoms with van der Waals surface area (Å²) in [6, 6.07) is 14.1. The van der Waals surface area contributed by atoms with Crippen LogP contribution in [0, 0.1) is 5.82 Å². The molecule has 0 saturated carbocycles. The summed E-state index contributed by atoms with van der Waals surface area (Å²) in [5, 5.41) is 3.88. The predicted molar refractivity (Wildman–Crippen MR) is 136 cm³/mol. The summed E-state index contributed by atoms with van der Waals surface area (Å²) < 4.78 is 14.5. The molecule has 184 valence electrons. The van der Waals surface area contributed by atoms with Crippen LogP contribution in [-0.4, -0.2) is 83.9 Å². The highest BCUT2D eigenvalue weighted by Gasteiger charge is 2.29. The number of carbonyl (C=O) groups excluding carboxylic acids is 2. The number of amides is 2. The van der Waals surface area contributed by atoms with E-state index >= 15 is 0 Å². The van der Waals surface area contributed by atoms with Crippen molar-refractivity contribution in [1.82, 2.24) is 19.7 Å². The van der Waals surface area contributed by atoms with E-state index in [1.165, 1.54) is 16.8 Å². The lowest BCUT2D eigenvalue weighted by atomic mass is 9.98. The number of aromatic nitrogens is 1. The van der Waals surface area contributed by atoms with Crippen molar-refractivity contribution in [2.75, 3.05) is 57.7 Å². The van der Waals surface area contributed by atoms with Gasteiger partial charge in [-0.25, -0.2) is 9.37 Å². The molecule has 2 aromatic carbocycles. The highest BCUT2D eigenvalue weighted by molar-refractivity contribution is 7.18. The van der Waals surface area contributed by atoms with E-state index in [1.807, 2.05) is 23.1 Å². The van der Waals surface area contributed by atoms with Gasteiger partial charge in [-0.3, -0.25) is 19.4 Å². The van der Waals surface area contributed by atoms with Gasteiger partial charge < -0.3 is 10.2 Å². The van der Waals surface area contributed by atoms with Gasteiger partial charge in [0.25, 0.3) is 0 Å². The first-order valence-corrected chi connectivity index (χ1v) is 13.0. The van der Waals surface area contributed by atoms with Gasteiger partial charge in [0.05, 0.1) is 28.3 Å². The van der Waals surface area contributed by atoms with E-state index in [-0.39, 0.29) is 24.2 Å². The standard InChI is InChI=1S/C26H30FN5O2S/c27-20-6-3-7-21(15-20)28-24(33)17-30-11-13-31(14-12-30)18-25(34)32-10-4-5-19(16-32)26-29-22-8-1-2-9-23(22)35-26/h1-3,6-9,15,19H,4-5,10-14,16-18H2,(H,28,33)/t19-/m0/s1. The van der Waals surface area contributed by atoms with Crippen molar-refractivity contribution in [2.45, 2.75) is 18.8 Å². The quantitative estimate of drug-likeness (QED) is 0.568. The zero-order chi connectivity index (χ0) is 24.2. The number of nitrogens with zero attached hydrogens (tertiary/aromatic N) is 4. The van der Waals surface area contributed by atoms with Crippen LogP contribution >= 0.6 is 11.3 Å². The molecule has 2 aliphatic rings. The van der Waals surface area contributed by atoms with Crippen molar-refractivity contribution in [3.05, 3.63) is 59.4 Å². The molecule has 0 radical (unpaired) electrons. The fraction of sp³-hybridized carbons (Fsp3) is 0.423. The molecular weight excluding hydrogens is 465 g/mol. The van der Waals surface area contributed by atoms with Crippen LogP contribution in [0.3, 0.4) is 0 Å². The second-order valence-electron chi connectivity index (χ2n) is 9.31. The van der Waals surface area contributed by atoms with Crippen LogP contribution in [0.1, 0.15) is 23.8 Å². The fourth-order valence-corrected chi connectivity index (χ4v) is 5.93. The smallest absolute Gasteiger partial charge is 0.238 e. The molecular formula is C26H30FN5O2S. The normalized spacial score (nSPS) is 19.7. The number of piperazine rings is 1. The van der Waals surface area contributed by atoms with Gasteiger partial charge in [-0.2, -0.15) is 0 Å². The summed E-state index contributed by atoms with van der Waals surface area (Å²) in [6.45, 7) is 5.14. The largest absolute Gasteiger partial charge is 0.341 e. The number of rotatable bonds is 6. The lowest BCUT2D eigenvalue weighted by Gasteiger charge is -2.37. The zero-order valence-electron chi connectivity index (χ0n) is 19.7. The molecule has 2 saturated heterocycles. The Kier molecular flexibility index (Phi) is 7.36. The summed E-state index contributed by atoms with van der Waals surface area (Å²) in [4.78, 5) is 36.4. The van der Waals surface area contributed by atoms with E-state index in [0.717, 1.165) is 62.6 Å². The average Bonchev–Trinajstić information content (AvgIpc) is 3.30. The molecule has 0 spiro atoms. The van der Waals surface area contributed by atoms with Crippen molar-refractivity contribution in [3.63, 3.8) is 0 Å². The SMILES string of the molecule is O=C(CN1CCN(CC(=O)N2CCC[C@H](c3nc4ccccc4s3)C2)CC1)Nc1cccc(F)c1. The molecule has 2 fully saturated rings. The summed E-state index contributed by atoms with van der Waals surface area (Å²) in [6.07, 6.45) is 2.07. The maximum Gasteiger partial charge on any atom is 0.238 e. The minimum atomic E-state index is -0.374. The summed E-state index contributed by atoms with van der Waals surface area (Å²) in [5.41, 5.74) is 1.50. The molecule has 7 nitrogen and oxygen atoms in total. The molecule has 35 heavy (non-hydrogen) atoms. The molecule has 9 heteroatoms. The third-order valence-electron chi connectivity index (χ3n) is 6.73. The molecule has 0 unspecified atom stereocenters. The number of nitrogens with one attached hydrogen (secondary N) is 1. The Balaban J connectivity index is 1.08. The number of para-hydroxylation sites is 1. The molecule has 1 N–H and O–H groups in total. The minimum Gasteiger partial charge on any atom is -0.341 e. The highest BCUT2D eigenvalue weighted by atomic mass is 32.1. The van der Waals surface area contributed by atoms with Crippen LogP contribution in [0.4, 0.5) is 10.1 Å². The number of halogens is 1. The van der Waals surface area contributed by atoms with Crippen LogP contribution in [0.25, 0.3) is 10.2 Å². The second kappa shape index (κ2) is 10.8. The van der Waals surface area contributed by atoms with E-state index in [9.17, 15) is 14.0 Å². The Bertz CT molecular complexity index is 1160. The van der Waals surface area contributed by atoms with Crippen molar-refractivity contribution >= 4 is 39.1 Å². The second-order valence-corrected chi connectivity index (χ2v) is 10.4. The first-order chi connectivity index (χ1) is 17.0. The van der Waals surface area contributed by atoms with Gasteiger partial charge in [0.2, 0.25) is 11.8 Å². The van der Waals surface area contributed by atoms with Crippen molar-refractivity contribution in [3.8, 4) is 0 Å². The van der Waals surface area contributed by atoms with E-state index < -0.39 is 0 Å². The Morgan fingerprint density at radius 3 is 2.54 bits per heavy atom. The third kappa shape index (κ3) is 6.04. The van der Waals surface area contributed by atoms with E-state index in [2.05, 4.69) is 21.2 Å². The van der Waals surface area contributed by atoms with Gasteiger partial charge in [0.15, 0.2) is 0 Å². The monoisotopic (exact) mass is 495 g/mol. The molecule has 2 aliphatic heterocycles. The van der Waals surface area contributed by atoms with Crippen LogP contribution in [0.15, 0.2) is 48.5 Å². The van der Waals surface area contributed by atoms with Crippen molar-refractivity contribution in [2.24, 2.45) is 0 Å². The van der Waals surface area contributed by atoms with E-state index in [0.29, 0.717) is 18.2 Å². The Hall–Kier alpha value is -2.88. The Labute approximate surface area is 208 Å². The van der Waals surface area contributed by atoms with Gasteiger partial charge >= 0.3 is 0 Å². The summed E-state index contributed by atoms with van der Waals surface area (Å²) in [7, 11) is 0. The molecule has 3 heterocycles. The number of carbonyl (C=O) groups is 2.